The number of rotatable bonds is 6. The molecule has 0 bridgehead atoms. The Balaban J connectivity index is 1.83. The van der Waals surface area contributed by atoms with Crippen LogP contribution in [-0.2, 0) is 11.3 Å². The van der Waals surface area contributed by atoms with Gasteiger partial charge in [0.25, 0.3) is 0 Å². The predicted molar refractivity (Wildman–Crippen MR) is 72.9 cm³/mol. The molecule has 0 spiro atoms. The fourth-order valence-electron chi connectivity index (χ4n) is 2.10. The minimum atomic E-state index is 0.114. The summed E-state index contributed by atoms with van der Waals surface area (Å²) < 4.78 is 5.66. The van der Waals surface area contributed by atoms with Crippen LogP contribution in [0, 0.1) is 0 Å². The molecule has 0 aromatic carbocycles. The van der Waals surface area contributed by atoms with Crippen molar-refractivity contribution in [2.45, 2.75) is 45.4 Å². The van der Waals surface area contributed by atoms with E-state index in [9.17, 15) is 4.79 Å². The summed E-state index contributed by atoms with van der Waals surface area (Å²) in [4.78, 5) is 15.3. The van der Waals surface area contributed by atoms with Gasteiger partial charge in [-0.3, -0.25) is 4.79 Å². The maximum absolute atomic E-state index is 11.1. The lowest BCUT2D eigenvalue weighted by molar-refractivity contribution is -0.119. The molecular formula is C14H21N3O2. The average Bonchev–Trinajstić information content (AvgIpc) is 2.77. The number of carbonyl (C=O) groups excluding carboxylic acids is 1. The van der Waals surface area contributed by atoms with E-state index < -0.39 is 0 Å². The minimum Gasteiger partial charge on any atom is -0.475 e. The van der Waals surface area contributed by atoms with Gasteiger partial charge in [-0.1, -0.05) is 6.07 Å². The Bertz CT molecular complexity index is 434. The molecule has 0 radical (unpaired) electrons. The molecule has 1 amide bonds. The van der Waals surface area contributed by atoms with E-state index in [2.05, 4.69) is 15.6 Å². The quantitative estimate of drug-likeness (QED) is 0.810. The normalized spacial score (nSPS) is 18.7. The number of amides is 1. The molecule has 2 rings (SSSR count). The van der Waals surface area contributed by atoms with E-state index in [0.29, 0.717) is 18.8 Å². The van der Waals surface area contributed by atoms with Crippen LogP contribution in [0.4, 0.5) is 0 Å². The zero-order chi connectivity index (χ0) is 13.7. The molecule has 2 heterocycles. The Morgan fingerprint density at radius 1 is 1.58 bits per heavy atom. The maximum Gasteiger partial charge on any atom is 0.220 e. The highest BCUT2D eigenvalue weighted by Crippen LogP contribution is 2.15. The van der Waals surface area contributed by atoms with Crippen molar-refractivity contribution in [3.63, 3.8) is 0 Å². The van der Waals surface area contributed by atoms with E-state index >= 15 is 0 Å². The first-order chi connectivity index (χ1) is 9.15. The molecule has 2 N–H and O–H groups in total. The van der Waals surface area contributed by atoms with Gasteiger partial charge in [-0.05, 0) is 26.3 Å². The van der Waals surface area contributed by atoms with E-state index in [1.807, 2.05) is 26.0 Å². The Morgan fingerprint density at radius 3 is 3.11 bits per heavy atom. The molecule has 1 atom stereocenters. The van der Waals surface area contributed by atoms with Crippen LogP contribution < -0.4 is 15.4 Å². The molecule has 104 valence electrons. The van der Waals surface area contributed by atoms with Crippen LogP contribution in [0.5, 0.6) is 5.88 Å². The topological polar surface area (TPSA) is 63.2 Å². The molecule has 1 aromatic rings. The van der Waals surface area contributed by atoms with E-state index in [1.54, 1.807) is 6.20 Å². The fraction of sp³-hybridized carbons (Fsp3) is 0.571. The van der Waals surface area contributed by atoms with Gasteiger partial charge < -0.3 is 15.4 Å². The number of aromatic nitrogens is 1. The van der Waals surface area contributed by atoms with Crippen LogP contribution in [0.1, 0.15) is 32.3 Å². The lowest BCUT2D eigenvalue weighted by Gasteiger charge is -2.15. The molecule has 1 aliphatic heterocycles. The van der Waals surface area contributed by atoms with Gasteiger partial charge in [0.1, 0.15) is 0 Å². The second-order valence-corrected chi connectivity index (χ2v) is 5.07. The molecule has 0 saturated carbocycles. The molecule has 1 saturated heterocycles. The van der Waals surface area contributed by atoms with Crippen molar-refractivity contribution in [2.75, 3.05) is 6.54 Å². The number of hydrogen-bond donors (Lipinski definition) is 2. The number of carbonyl (C=O) groups is 1. The van der Waals surface area contributed by atoms with Crippen LogP contribution in [0.25, 0.3) is 0 Å². The predicted octanol–water partition coefficient (Wildman–Crippen LogP) is 1.24. The Kier molecular flexibility index (Phi) is 4.74. The molecule has 5 nitrogen and oxygen atoms in total. The largest absolute Gasteiger partial charge is 0.475 e. The summed E-state index contributed by atoms with van der Waals surface area (Å²) in [6, 6.07) is 4.16. The number of pyridine rings is 1. The number of nitrogens with one attached hydrogen (secondary N) is 2. The Labute approximate surface area is 113 Å². The summed E-state index contributed by atoms with van der Waals surface area (Å²) >= 11 is 0. The third-order valence-corrected chi connectivity index (χ3v) is 2.99. The summed E-state index contributed by atoms with van der Waals surface area (Å²) in [5.41, 5.74) is 1.04. The third-order valence-electron chi connectivity index (χ3n) is 2.99. The van der Waals surface area contributed by atoms with Gasteiger partial charge in [-0.2, -0.15) is 0 Å². The van der Waals surface area contributed by atoms with Gasteiger partial charge in [0.05, 0.1) is 6.10 Å². The van der Waals surface area contributed by atoms with Crippen molar-refractivity contribution in [1.82, 2.24) is 15.6 Å². The summed E-state index contributed by atoms with van der Waals surface area (Å²) in [6.45, 7) is 5.45. The van der Waals surface area contributed by atoms with Crippen LogP contribution in [0.3, 0.4) is 0 Å². The lowest BCUT2D eigenvalue weighted by atomic mass is 10.2. The first-order valence-electron chi connectivity index (χ1n) is 6.76. The zero-order valence-electron chi connectivity index (χ0n) is 11.5. The average molecular weight is 263 g/mol. The minimum absolute atomic E-state index is 0.114. The molecule has 1 aliphatic rings. The van der Waals surface area contributed by atoms with E-state index in [-0.39, 0.29) is 18.1 Å². The molecule has 1 aromatic heterocycles. The summed E-state index contributed by atoms with van der Waals surface area (Å²) in [5.74, 6) is 0.831. The standard InChI is InChI=1S/C14H21N3O2/c1-10(2)19-14-11(4-3-7-16-14)8-15-9-12-5-6-13(18)17-12/h3-4,7,10,12,15H,5-6,8-9H2,1-2H3,(H,17,18). The SMILES string of the molecule is CC(C)Oc1ncccc1CNCC1CCC(=O)N1. The number of nitrogens with zero attached hydrogens (tertiary/aromatic N) is 1. The highest BCUT2D eigenvalue weighted by Gasteiger charge is 2.20. The van der Waals surface area contributed by atoms with E-state index in [0.717, 1.165) is 18.5 Å². The van der Waals surface area contributed by atoms with E-state index in [1.165, 1.54) is 0 Å². The summed E-state index contributed by atoms with van der Waals surface area (Å²) in [5, 5.41) is 6.28. The van der Waals surface area contributed by atoms with E-state index in [4.69, 9.17) is 4.74 Å². The van der Waals surface area contributed by atoms with Crippen LogP contribution >= 0.6 is 0 Å². The first kappa shape index (κ1) is 13.8. The van der Waals surface area contributed by atoms with Gasteiger partial charge in [0.2, 0.25) is 11.8 Å². The molecule has 19 heavy (non-hydrogen) atoms. The molecular weight excluding hydrogens is 242 g/mol. The third kappa shape index (κ3) is 4.21. The highest BCUT2D eigenvalue weighted by atomic mass is 16.5. The molecule has 1 fully saturated rings. The van der Waals surface area contributed by atoms with Crippen molar-refractivity contribution >= 4 is 5.91 Å². The number of ether oxygens (including phenoxy) is 1. The van der Waals surface area contributed by atoms with Gasteiger partial charge in [-0.25, -0.2) is 4.98 Å². The van der Waals surface area contributed by atoms with Crippen LogP contribution in [0.15, 0.2) is 18.3 Å². The van der Waals surface area contributed by atoms with Crippen LogP contribution in [-0.4, -0.2) is 29.6 Å². The maximum atomic E-state index is 11.1. The van der Waals surface area contributed by atoms with Crippen LogP contribution in [0.2, 0.25) is 0 Å². The van der Waals surface area contributed by atoms with Crippen molar-refractivity contribution in [2.24, 2.45) is 0 Å². The smallest absolute Gasteiger partial charge is 0.220 e. The monoisotopic (exact) mass is 263 g/mol. The van der Waals surface area contributed by atoms with Gasteiger partial charge >= 0.3 is 0 Å². The summed E-state index contributed by atoms with van der Waals surface area (Å²) in [6.07, 6.45) is 3.40. The van der Waals surface area contributed by atoms with Crippen molar-refractivity contribution in [3.8, 4) is 5.88 Å². The Hall–Kier alpha value is -1.62. The van der Waals surface area contributed by atoms with Gasteiger partial charge in [0, 0.05) is 37.3 Å². The lowest BCUT2D eigenvalue weighted by Crippen LogP contribution is -2.35. The van der Waals surface area contributed by atoms with Gasteiger partial charge in [0.15, 0.2) is 0 Å². The molecule has 5 heteroatoms. The first-order valence-corrected chi connectivity index (χ1v) is 6.76. The van der Waals surface area contributed by atoms with Crippen molar-refractivity contribution in [3.05, 3.63) is 23.9 Å². The molecule has 1 unspecified atom stereocenters. The highest BCUT2D eigenvalue weighted by molar-refractivity contribution is 5.78. The molecule has 0 aliphatic carbocycles. The summed E-state index contributed by atoms with van der Waals surface area (Å²) in [7, 11) is 0. The number of hydrogen-bond acceptors (Lipinski definition) is 4. The fourth-order valence-corrected chi connectivity index (χ4v) is 2.10. The van der Waals surface area contributed by atoms with Gasteiger partial charge in [-0.15, -0.1) is 0 Å². The second-order valence-electron chi connectivity index (χ2n) is 5.07. The Morgan fingerprint density at radius 2 is 2.42 bits per heavy atom. The second kappa shape index (κ2) is 6.52. The van der Waals surface area contributed by atoms with Crippen molar-refractivity contribution in [1.29, 1.82) is 0 Å². The zero-order valence-corrected chi connectivity index (χ0v) is 11.5. The van der Waals surface area contributed by atoms with Crippen molar-refractivity contribution < 1.29 is 9.53 Å².